The Morgan fingerprint density at radius 3 is 2.94 bits per heavy atom. The first-order valence-electron chi connectivity index (χ1n) is 6.40. The van der Waals surface area contributed by atoms with Crippen molar-refractivity contribution >= 4 is 5.69 Å². The molecule has 0 heterocycles. The largest absolute Gasteiger partial charge is 0.488 e. The maximum absolute atomic E-state index is 12.9. The summed E-state index contributed by atoms with van der Waals surface area (Å²) in [6.07, 6.45) is 6.13. The maximum atomic E-state index is 12.9. The first-order valence-corrected chi connectivity index (χ1v) is 6.40. The first kappa shape index (κ1) is 12.2. The minimum atomic E-state index is -0.315. The summed E-state index contributed by atoms with van der Waals surface area (Å²) in [7, 11) is 0. The van der Waals surface area contributed by atoms with Gasteiger partial charge in [0, 0.05) is 6.07 Å². The molecule has 1 aliphatic carbocycles. The Bertz CT molecular complexity index is 380. The molecule has 0 radical (unpaired) electrons. The summed E-state index contributed by atoms with van der Waals surface area (Å²) < 4.78 is 18.8. The van der Waals surface area contributed by atoms with Crippen LogP contribution < -0.4 is 10.5 Å². The van der Waals surface area contributed by atoms with E-state index in [-0.39, 0.29) is 11.9 Å². The predicted octanol–water partition coefficient (Wildman–Crippen LogP) is 3.76. The fraction of sp³-hybridized carbons (Fsp3) is 0.571. The smallest absolute Gasteiger partial charge is 0.142 e. The number of nitrogens with two attached hydrogens (primary N) is 1. The Balaban J connectivity index is 2.00. The van der Waals surface area contributed by atoms with Gasteiger partial charge in [0.15, 0.2) is 0 Å². The average Bonchev–Trinajstić information content (AvgIpc) is 2.33. The summed E-state index contributed by atoms with van der Waals surface area (Å²) in [6.45, 7) is 2.22. The normalized spacial score (nSPS) is 24.6. The second-order valence-electron chi connectivity index (χ2n) is 4.86. The topological polar surface area (TPSA) is 35.2 Å². The number of anilines is 1. The van der Waals surface area contributed by atoms with Crippen molar-refractivity contribution in [3.8, 4) is 5.75 Å². The van der Waals surface area contributed by atoms with Crippen LogP contribution in [0.15, 0.2) is 18.2 Å². The van der Waals surface area contributed by atoms with Crippen LogP contribution in [0.2, 0.25) is 0 Å². The van der Waals surface area contributed by atoms with Crippen molar-refractivity contribution in [2.75, 3.05) is 5.73 Å². The zero-order valence-electron chi connectivity index (χ0n) is 10.3. The Labute approximate surface area is 102 Å². The Morgan fingerprint density at radius 2 is 2.24 bits per heavy atom. The molecule has 0 amide bonds. The third kappa shape index (κ3) is 3.11. The summed E-state index contributed by atoms with van der Waals surface area (Å²) in [5.41, 5.74) is 6.13. The van der Waals surface area contributed by atoms with Gasteiger partial charge in [-0.3, -0.25) is 0 Å². The van der Waals surface area contributed by atoms with E-state index in [1.54, 1.807) is 6.07 Å². The number of benzene rings is 1. The molecular weight excluding hydrogens is 217 g/mol. The van der Waals surface area contributed by atoms with Crippen LogP contribution in [0.5, 0.6) is 5.75 Å². The minimum absolute atomic E-state index is 0.237. The predicted molar refractivity (Wildman–Crippen MR) is 67.5 cm³/mol. The highest BCUT2D eigenvalue weighted by Crippen LogP contribution is 2.31. The minimum Gasteiger partial charge on any atom is -0.488 e. The maximum Gasteiger partial charge on any atom is 0.142 e. The molecule has 2 N–H and O–H groups in total. The molecule has 1 saturated carbocycles. The van der Waals surface area contributed by atoms with Crippen LogP contribution in [0.25, 0.3) is 0 Å². The molecule has 0 saturated heterocycles. The molecule has 2 nitrogen and oxygen atoms in total. The second-order valence-corrected chi connectivity index (χ2v) is 4.86. The molecule has 1 aliphatic rings. The van der Waals surface area contributed by atoms with Gasteiger partial charge in [-0.05, 0) is 37.3 Å². The molecule has 0 aromatic heterocycles. The molecule has 1 aromatic rings. The van der Waals surface area contributed by atoms with Gasteiger partial charge in [-0.2, -0.15) is 0 Å². The monoisotopic (exact) mass is 237 g/mol. The third-order valence-electron chi connectivity index (χ3n) is 3.58. The van der Waals surface area contributed by atoms with Crippen LogP contribution in [0, 0.1) is 11.7 Å². The van der Waals surface area contributed by atoms with E-state index in [1.165, 1.54) is 31.4 Å². The first-order chi connectivity index (χ1) is 8.19. The van der Waals surface area contributed by atoms with Crippen molar-refractivity contribution in [3.05, 3.63) is 24.0 Å². The van der Waals surface area contributed by atoms with Gasteiger partial charge < -0.3 is 10.5 Å². The number of nitrogen functional groups attached to an aromatic ring is 1. The molecular formula is C14H20FNO. The standard InChI is InChI=1S/C14H20FNO/c1-2-10-4-3-5-12(8-10)17-14-7-6-11(15)9-13(14)16/h6-7,9-10,12H,2-5,8,16H2,1H3. The van der Waals surface area contributed by atoms with Gasteiger partial charge in [0.1, 0.15) is 11.6 Å². The molecule has 2 rings (SSSR count). The lowest BCUT2D eigenvalue weighted by molar-refractivity contribution is 0.123. The van der Waals surface area contributed by atoms with Gasteiger partial charge >= 0.3 is 0 Å². The highest BCUT2D eigenvalue weighted by molar-refractivity contribution is 5.52. The van der Waals surface area contributed by atoms with E-state index in [0.29, 0.717) is 11.4 Å². The van der Waals surface area contributed by atoms with Gasteiger partial charge in [-0.15, -0.1) is 0 Å². The van der Waals surface area contributed by atoms with Crippen LogP contribution in [0.4, 0.5) is 10.1 Å². The van der Waals surface area contributed by atoms with E-state index in [2.05, 4.69) is 6.92 Å². The van der Waals surface area contributed by atoms with E-state index in [0.717, 1.165) is 18.8 Å². The number of hydrogen-bond acceptors (Lipinski definition) is 2. The number of ether oxygens (including phenoxy) is 1. The quantitative estimate of drug-likeness (QED) is 0.812. The zero-order chi connectivity index (χ0) is 12.3. The SMILES string of the molecule is CCC1CCCC(Oc2ccc(F)cc2N)C1. The van der Waals surface area contributed by atoms with Gasteiger partial charge in [0.05, 0.1) is 11.8 Å². The lowest BCUT2D eigenvalue weighted by Crippen LogP contribution is -2.25. The van der Waals surface area contributed by atoms with Gasteiger partial charge in [0.2, 0.25) is 0 Å². The van der Waals surface area contributed by atoms with Crippen molar-refractivity contribution in [2.45, 2.75) is 45.1 Å². The van der Waals surface area contributed by atoms with Crippen molar-refractivity contribution in [1.29, 1.82) is 0 Å². The zero-order valence-corrected chi connectivity index (χ0v) is 10.3. The Kier molecular flexibility index (Phi) is 3.87. The fourth-order valence-corrected chi connectivity index (χ4v) is 2.53. The number of rotatable bonds is 3. The van der Waals surface area contributed by atoms with Crippen molar-refractivity contribution in [3.63, 3.8) is 0 Å². The highest BCUT2D eigenvalue weighted by Gasteiger charge is 2.22. The molecule has 0 aliphatic heterocycles. The summed E-state index contributed by atoms with van der Waals surface area (Å²) in [5.74, 6) is 1.06. The van der Waals surface area contributed by atoms with Gasteiger partial charge in [-0.1, -0.05) is 19.8 Å². The van der Waals surface area contributed by atoms with E-state index < -0.39 is 0 Å². The second kappa shape index (κ2) is 5.39. The average molecular weight is 237 g/mol. The van der Waals surface area contributed by atoms with Crippen LogP contribution in [-0.4, -0.2) is 6.10 Å². The van der Waals surface area contributed by atoms with Crippen LogP contribution in [0.3, 0.4) is 0 Å². The molecule has 1 fully saturated rings. The Morgan fingerprint density at radius 1 is 1.41 bits per heavy atom. The molecule has 2 atom stereocenters. The summed E-state index contributed by atoms with van der Waals surface area (Å²) in [5, 5.41) is 0. The molecule has 17 heavy (non-hydrogen) atoms. The molecule has 3 heteroatoms. The third-order valence-corrected chi connectivity index (χ3v) is 3.58. The fourth-order valence-electron chi connectivity index (χ4n) is 2.53. The van der Waals surface area contributed by atoms with Crippen molar-refractivity contribution < 1.29 is 9.13 Å². The number of halogens is 1. The van der Waals surface area contributed by atoms with Gasteiger partial charge in [0.25, 0.3) is 0 Å². The van der Waals surface area contributed by atoms with E-state index >= 15 is 0 Å². The summed E-state index contributed by atoms with van der Waals surface area (Å²) >= 11 is 0. The van der Waals surface area contributed by atoms with E-state index in [4.69, 9.17) is 10.5 Å². The van der Waals surface area contributed by atoms with Gasteiger partial charge in [-0.25, -0.2) is 4.39 Å². The van der Waals surface area contributed by atoms with Crippen LogP contribution in [-0.2, 0) is 0 Å². The van der Waals surface area contributed by atoms with Crippen molar-refractivity contribution in [1.82, 2.24) is 0 Å². The molecule has 1 aromatic carbocycles. The lowest BCUT2D eigenvalue weighted by Gasteiger charge is -2.29. The molecule has 2 unspecified atom stereocenters. The lowest BCUT2D eigenvalue weighted by atomic mass is 9.85. The molecule has 0 bridgehead atoms. The van der Waals surface area contributed by atoms with E-state index in [9.17, 15) is 4.39 Å². The van der Waals surface area contributed by atoms with Crippen LogP contribution >= 0.6 is 0 Å². The number of hydrogen-bond donors (Lipinski definition) is 1. The molecule has 0 spiro atoms. The summed E-state index contributed by atoms with van der Waals surface area (Å²) in [4.78, 5) is 0. The van der Waals surface area contributed by atoms with Crippen molar-refractivity contribution in [2.24, 2.45) is 5.92 Å². The summed E-state index contributed by atoms with van der Waals surface area (Å²) in [6, 6.07) is 4.33. The molecule has 94 valence electrons. The van der Waals surface area contributed by atoms with E-state index in [1.807, 2.05) is 0 Å². The Hall–Kier alpha value is -1.25. The highest BCUT2D eigenvalue weighted by atomic mass is 19.1. The van der Waals surface area contributed by atoms with Crippen LogP contribution in [0.1, 0.15) is 39.0 Å².